The maximum atomic E-state index is 5.73. The Kier molecular flexibility index (Phi) is 6.50. The minimum Gasteiger partial charge on any atom is -0.381 e. The van der Waals surface area contributed by atoms with Crippen molar-refractivity contribution in [1.82, 2.24) is 5.32 Å². The molecule has 2 heteroatoms. The van der Waals surface area contributed by atoms with Crippen molar-refractivity contribution in [2.24, 2.45) is 11.3 Å². The van der Waals surface area contributed by atoms with E-state index in [0.717, 1.165) is 25.7 Å². The highest BCUT2D eigenvalue weighted by Gasteiger charge is 2.40. The average Bonchev–Trinajstić information content (AvgIpc) is 3.10. The van der Waals surface area contributed by atoms with Crippen molar-refractivity contribution in [3.63, 3.8) is 0 Å². The van der Waals surface area contributed by atoms with Gasteiger partial charge in [-0.2, -0.15) is 0 Å². The molecule has 0 radical (unpaired) electrons. The molecule has 1 saturated carbocycles. The SMILES string of the molecule is CCCCOCCC(C)(CNC(C)C)C1CC1. The van der Waals surface area contributed by atoms with Crippen LogP contribution in [0.25, 0.3) is 0 Å². The lowest BCUT2D eigenvalue weighted by atomic mass is 9.81. The fourth-order valence-corrected chi connectivity index (χ4v) is 2.31. The summed E-state index contributed by atoms with van der Waals surface area (Å²) in [5.74, 6) is 0.934. The standard InChI is InChI=1S/C15H31NO/c1-5-6-10-17-11-9-15(4,14-7-8-14)12-16-13(2)3/h13-14,16H,5-12H2,1-4H3. The highest BCUT2D eigenvalue weighted by molar-refractivity contribution is 4.92. The molecule has 1 atom stereocenters. The van der Waals surface area contributed by atoms with Gasteiger partial charge in [-0.15, -0.1) is 0 Å². The van der Waals surface area contributed by atoms with Crippen LogP contribution in [0.15, 0.2) is 0 Å². The van der Waals surface area contributed by atoms with Crippen molar-refractivity contribution < 1.29 is 4.74 Å². The molecule has 1 rings (SSSR count). The van der Waals surface area contributed by atoms with Gasteiger partial charge in [0.15, 0.2) is 0 Å². The summed E-state index contributed by atoms with van der Waals surface area (Å²) in [6.45, 7) is 12.1. The van der Waals surface area contributed by atoms with Gasteiger partial charge >= 0.3 is 0 Å². The molecule has 0 aromatic heterocycles. The summed E-state index contributed by atoms with van der Waals surface area (Å²) >= 11 is 0. The van der Waals surface area contributed by atoms with E-state index in [4.69, 9.17) is 4.74 Å². The third-order valence-corrected chi connectivity index (χ3v) is 3.94. The average molecular weight is 241 g/mol. The van der Waals surface area contributed by atoms with Gasteiger partial charge in [0.25, 0.3) is 0 Å². The molecule has 1 N–H and O–H groups in total. The molecule has 2 nitrogen and oxygen atoms in total. The zero-order valence-electron chi connectivity index (χ0n) is 12.2. The summed E-state index contributed by atoms with van der Waals surface area (Å²) in [6, 6.07) is 0.592. The topological polar surface area (TPSA) is 21.3 Å². The van der Waals surface area contributed by atoms with Gasteiger partial charge in [0.05, 0.1) is 0 Å². The molecule has 0 aliphatic heterocycles. The van der Waals surface area contributed by atoms with E-state index >= 15 is 0 Å². The molecule has 0 aromatic carbocycles. The van der Waals surface area contributed by atoms with Crippen molar-refractivity contribution in [3.8, 4) is 0 Å². The van der Waals surface area contributed by atoms with Crippen LogP contribution >= 0.6 is 0 Å². The molecule has 0 heterocycles. The zero-order valence-corrected chi connectivity index (χ0v) is 12.2. The molecule has 0 bridgehead atoms. The van der Waals surface area contributed by atoms with Gasteiger partial charge in [-0.05, 0) is 37.0 Å². The van der Waals surface area contributed by atoms with Crippen molar-refractivity contribution in [2.45, 2.75) is 65.8 Å². The van der Waals surface area contributed by atoms with Crippen LogP contribution in [0.3, 0.4) is 0 Å². The van der Waals surface area contributed by atoms with E-state index in [1.807, 2.05) is 0 Å². The minimum absolute atomic E-state index is 0.455. The molecular weight excluding hydrogens is 210 g/mol. The van der Waals surface area contributed by atoms with E-state index < -0.39 is 0 Å². The maximum absolute atomic E-state index is 5.73. The summed E-state index contributed by atoms with van der Waals surface area (Å²) in [5.41, 5.74) is 0.455. The van der Waals surface area contributed by atoms with Crippen LogP contribution in [-0.4, -0.2) is 25.8 Å². The van der Waals surface area contributed by atoms with Crippen LogP contribution in [0.1, 0.15) is 59.8 Å². The smallest absolute Gasteiger partial charge is 0.0471 e. The maximum Gasteiger partial charge on any atom is 0.0471 e. The van der Waals surface area contributed by atoms with Gasteiger partial charge in [-0.3, -0.25) is 0 Å². The van der Waals surface area contributed by atoms with E-state index in [9.17, 15) is 0 Å². The first kappa shape index (κ1) is 15.0. The first-order chi connectivity index (χ1) is 8.08. The Morgan fingerprint density at radius 1 is 1.29 bits per heavy atom. The zero-order chi connectivity index (χ0) is 12.7. The van der Waals surface area contributed by atoms with Crippen LogP contribution in [0.2, 0.25) is 0 Å². The number of hydrogen-bond acceptors (Lipinski definition) is 2. The van der Waals surface area contributed by atoms with Crippen LogP contribution < -0.4 is 5.32 Å². The monoisotopic (exact) mass is 241 g/mol. The lowest BCUT2D eigenvalue weighted by Crippen LogP contribution is -2.38. The summed E-state index contributed by atoms with van der Waals surface area (Å²) < 4.78 is 5.73. The Balaban J connectivity index is 2.22. The van der Waals surface area contributed by atoms with Gasteiger partial charge in [-0.1, -0.05) is 34.1 Å². The van der Waals surface area contributed by atoms with E-state index in [1.54, 1.807) is 0 Å². The molecular formula is C15H31NO. The van der Waals surface area contributed by atoms with E-state index in [1.165, 1.54) is 32.1 Å². The fourth-order valence-electron chi connectivity index (χ4n) is 2.31. The molecule has 0 spiro atoms. The fraction of sp³-hybridized carbons (Fsp3) is 1.00. The molecule has 0 saturated heterocycles. The predicted octanol–water partition coefficient (Wildman–Crippen LogP) is 3.61. The summed E-state index contributed by atoms with van der Waals surface area (Å²) in [5, 5.41) is 3.60. The predicted molar refractivity (Wildman–Crippen MR) is 74.3 cm³/mol. The summed E-state index contributed by atoms with van der Waals surface area (Å²) in [7, 11) is 0. The third kappa shape index (κ3) is 5.87. The Bertz CT molecular complexity index is 201. The Hall–Kier alpha value is -0.0800. The van der Waals surface area contributed by atoms with Crippen LogP contribution in [0.5, 0.6) is 0 Å². The number of ether oxygens (including phenoxy) is 1. The second kappa shape index (κ2) is 7.38. The van der Waals surface area contributed by atoms with Gasteiger partial charge < -0.3 is 10.1 Å². The molecule has 0 aromatic rings. The van der Waals surface area contributed by atoms with Gasteiger partial charge in [0, 0.05) is 25.8 Å². The molecule has 0 amide bonds. The van der Waals surface area contributed by atoms with Crippen molar-refractivity contribution in [3.05, 3.63) is 0 Å². The molecule has 1 unspecified atom stereocenters. The number of rotatable bonds is 10. The van der Waals surface area contributed by atoms with E-state index in [0.29, 0.717) is 11.5 Å². The molecule has 1 fully saturated rings. The van der Waals surface area contributed by atoms with Crippen LogP contribution in [0.4, 0.5) is 0 Å². The Labute approximate surface area is 108 Å². The van der Waals surface area contributed by atoms with Crippen LogP contribution in [0, 0.1) is 11.3 Å². The Morgan fingerprint density at radius 3 is 2.53 bits per heavy atom. The molecule has 1 aliphatic carbocycles. The quantitative estimate of drug-likeness (QED) is 0.590. The van der Waals surface area contributed by atoms with Crippen LogP contribution in [-0.2, 0) is 4.74 Å². The highest BCUT2D eigenvalue weighted by Crippen LogP contribution is 2.47. The van der Waals surface area contributed by atoms with E-state index in [2.05, 4.69) is 33.0 Å². The van der Waals surface area contributed by atoms with E-state index in [-0.39, 0.29) is 0 Å². The normalized spacial score (nSPS) is 19.6. The lowest BCUT2D eigenvalue weighted by molar-refractivity contribution is 0.0871. The lowest BCUT2D eigenvalue weighted by Gasteiger charge is -2.31. The van der Waals surface area contributed by atoms with Crippen molar-refractivity contribution in [2.75, 3.05) is 19.8 Å². The number of hydrogen-bond donors (Lipinski definition) is 1. The minimum atomic E-state index is 0.455. The second-order valence-corrected chi connectivity index (χ2v) is 6.18. The molecule has 102 valence electrons. The van der Waals surface area contributed by atoms with Crippen molar-refractivity contribution in [1.29, 1.82) is 0 Å². The first-order valence-electron chi connectivity index (χ1n) is 7.39. The van der Waals surface area contributed by atoms with Gasteiger partial charge in [-0.25, -0.2) is 0 Å². The third-order valence-electron chi connectivity index (χ3n) is 3.94. The number of unbranched alkanes of at least 4 members (excludes halogenated alkanes) is 1. The highest BCUT2D eigenvalue weighted by atomic mass is 16.5. The summed E-state index contributed by atoms with van der Waals surface area (Å²) in [4.78, 5) is 0. The Morgan fingerprint density at radius 2 is 2.00 bits per heavy atom. The summed E-state index contributed by atoms with van der Waals surface area (Å²) in [6.07, 6.45) is 6.48. The second-order valence-electron chi connectivity index (χ2n) is 6.18. The van der Waals surface area contributed by atoms with Crippen molar-refractivity contribution >= 4 is 0 Å². The number of nitrogens with one attached hydrogen (secondary N) is 1. The van der Waals surface area contributed by atoms with Gasteiger partial charge in [0.1, 0.15) is 0 Å². The largest absolute Gasteiger partial charge is 0.381 e. The van der Waals surface area contributed by atoms with Gasteiger partial charge in [0.2, 0.25) is 0 Å². The molecule has 17 heavy (non-hydrogen) atoms. The molecule has 1 aliphatic rings. The first-order valence-corrected chi connectivity index (χ1v) is 7.39.